The molecule has 1 rings (SSSR count). The Kier molecular flexibility index (Phi) is 5.28. The third kappa shape index (κ3) is 4.40. The van der Waals surface area contributed by atoms with E-state index in [2.05, 4.69) is 6.92 Å². The van der Waals surface area contributed by atoms with Gasteiger partial charge in [-0.2, -0.15) is 0 Å². The first-order valence-corrected chi connectivity index (χ1v) is 5.57. The summed E-state index contributed by atoms with van der Waals surface area (Å²) in [7, 11) is 0. The molecule has 0 aliphatic carbocycles. The van der Waals surface area contributed by atoms with Gasteiger partial charge in [-0.15, -0.1) is 0 Å². The number of hydrogen-bond acceptors (Lipinski definition) is 0. The summed E-state index contributed by atoms with van der Waals surface area (Å²) in [6.07, 6.45) is 7.57. The van der Waals surface area contributed by atoms with Gasteiger partial charge in [0.2, 0.25) is 0 Å². The maximum Gasteiger partial charge on any atom is 0.123 e. The van der Waals surface area contributed by atoms with E-state index in [4.69, 9.17) is 0 Å². The number of halogens is 1. The largest absolute Gasteiger partial charge is 0.207 e. The van der Waals surface area contributed by atoms with Gasteiger partial charge in [0.1, 0.15) is 5.82 Å². The molecule has 0 aromatic heterocycles. The van der Waals surface area contributed by atoms with Crippen LogP contribution in [0.4, 0.5) is 4.39 Å². The van der Waals surface area contributed by atoms with Crippen molar-refractivity contribution in [2.75, 3.05) is 0 Å². The van der Waals surface area contributed by atoms with Crippen LogP contribution in [0, 0.1) is 5.82 Å². The maximum atomic E-state index is 12.6. The lowest BCUT2D eigenvalue weighted by Crippen LogP contribution is -1.86. The molecular formula is C13H19F. The van der Waals surface area contributed by atoms with Gasteiger partial charge in [0.25, 0.3) is 0 Å². The van der Waals surface area contributed by atoms with E-state index in [9.17, 15) is 4.39 Å². The lowest BCUT2D eigenvalue weighted by molar-refractivity contribution is 0.621. The summed E-state index contributed by atoms with van der Waals surface area (Å²) in [5.74, 6) is -0.139. The van der Waals surface area contributed by atoms with Crippen molar-refractivity contribution < 1.29 is 4.39 Å². The second-order valence-electron chi connectivity index (χ2n) is 3.79. The molecule has 1 aromatic rings. The molecule has 14 heavy (non-hydrogen) atoms. The summed E-state index contributed by atoms with van der Waals surface area (Å²) in [5.41, 5.74) is 1.25. The van der Waals surface area contributed by atoms with Crippen LogP contribution in [-0.4, -0.2) is 0 Å². The number of hydrogen-bond donors (Lipinski definition) is 0. The second-order valence-corrected chi connectivity index (χ2v) is 3.79. The van der Waals surface area contributed by atoms with E-state index in [1.807, 2.05) is 12.1 Å². The zero-order valence-electron chi connectivity index (χ0n) is 8.93. The summed E-state index contributed by atoms with van der Waals surface area (Å²) >= 11 is 0. The van der Waals surface area contributed by atoms with Crippen molar-refractivity contribution >= 4 is 0 Å². The number of benzene rings is 1. The first-order valence-electron chi connectivity index (χ1n) is 5.57. The van der Waals surface area contributed by atoms with Gasteiger partial charge in [-0.3, -0.25) is 0 Å². The Morgan fingerprint density at radius 3 is 2.21 bits per heavy atom. The Morgan fingerprint density at radius 2 is 1.57 bits per heavy atom. The predicted molar refractivity (Wildman–Crippen MR) is 58.9 cm³/mol. The molecule has 0 nitrogen and oxygen atoms in total. The van der Waals surface area contributed by atoms with Gasteiger partial charge in [-0.25, -0.2) is 4.39 Å². The van der Waals surface area contributed by atoms with Crippen LogP contribution < -0.4 is 0 Å². The second kappa shape index (κ2) is 6.58. The molecule has 0 aliphatic heterocycles. The summed E-state index contributed by atoms with van der Waals surface area (Å²) < 4.78 is 12.6. The van der Waals surface area contributed by atoms with Crippen LogP contribution in [0.15, 0.2) is 24.3 Å². The van der Waals surface area contributed by atoms with Gasteiger partial charge < -0.3 is 0 Å². The molecule has 1 aromatic carbocycles. The van der Waals surface area contributed by atoms with E-state index in [-0.39, 0.29) is 5.82 Å². The predicted octanol–water partition coefficient (Wildman–Crippen LogP) is 4.34. The molecule has 0 aliphatic rings. The highest BCUT2D eigenvalue weighted by Gasteiger charge is 1.94. The lowest BCUT2D eigenvalue weighted by atomic mass is 10.1. The van der Waals surface area contributed by atoms with Crippen molar-refractivity contribution in [3.8, 4) is 0 Å². The Labute approximate surface area is 86.2 Å². The zero-order valence-corrected chi connectivity index (χ0v) is 8.93. The van der Waals surface area contributed by atoms with Crippen LogP contribution in [0.3, 0.4) is 0 Å². The highest BCUT2D eigenvalue weighted by molar-refractivity contribution is 5.15. The molecule has 0 N–H and O–H groups in total. The van der Waals surface area contributed by atoms with Gasteiger partial charge in [-0.05, 0) is 30.5 Å². The normalized spacial score (nSPS) is 10.4. The van der Waals surface area contributed by atoms with Crippen LogP contribution in [0.5, 0.6) is 0 Å². The number of aryl methyl sites for hydroxylation is 1. The molecule has 0 bridgehead atoms. The smallest absolute Gasteiger partial charge is 0.123 e. The van der Waals surface area contributed by atoms with Crippen molar-refractivity contribution in [1.82, 2.24) is 0 Å². The summed E-state index contributed by atoms with van der Waals surface area (Å²) in [6, 6.07) is 6.85. The van der Waals surface area contributed by atoms with Crippen LogP contribution in [0.2, 0.25) is 0 Å². The summed E-state index contributed by atoms with van der Waals surface area (Å²) in [4.78, 5) is 0. The molecule has 0 fully saturated rings. The van der Waals surface area contributed by atoms with Gasteiger partial charge in [0.05, 0.1) is 0 Å². The first kappa shape index (κ1) is 11.2. The molecule has 0 atom stereocenters. The Hall–Kier alpha value is -0.850. The molecule has 0 heterocycles. The minimum atomic E-state index is -0.139. The number of unbranched alkanes of at least 4 members (excludes halogenated alkanes) is 4. The number of rotatable bonds is 6. The molecular weight excluding hydrogens is 175 g/mol. The highest BCUT2D eigenvalue weighted by atomic mass is 19.1. The average molecular weight is 194 g/mol. The van der Waals surface area contributed by atoms with E-state index in [0.29, 0.717) is 0 Å². The van der Waals surface area contributed by atoms with Crippen molar-refractivity contribution in [2.24, 2.45) is 0 Å². The first-order chi connectivity index (χ1) is 6.83. The summed E-state index contributed by atoms with van der Waals surface area (Å²) in [5, 5.41) is 0. The minimum absolute atomic E-state index is 0.139. The topological polar surface area (TPSA) is 0 Å². The standard InChI is InChI=1S/C13H19F/c1-2-3-4-5-6-7-12-8-10-13(14)11-9-12/h8-11H,2-7H2,1H3. The molecule has 0 unspecified atom stereocenters. The fourth-order valence-electron chi connectivity index (χ4n) is 1.58. The molecule has 78 valence electrons. The van der Waals surface area contributed by atoms with Gasteiger partial charge >= 0.3 is 0 Å². The molecule has 1 heteroatoms. The van der Waals surface area contributed by atoms with Crippen LogP contribution in [-0.2, 0) is 6.42 Å². The molecule has 0 spiro atoms. The average Bonchev–Trinajstić information content (AvgIpc) is 2.21. The monoisotopic (exact) mass is 194 g/mol. The fraction of sp³-hybridized carbons (Fsp3) is 0.538. The quantitative estimate of drug-likeness (QED) is 0.591. The third-order valence-electron chi connectivity index (χ3n) is 2.48. The van der Waals surface area contributed by atoms with E-state index >= 15 is 0 Å². The van der Waals surface area contributed by atoms with E-state index in [1.54, 1.807) is 12.1 Å². The Bertz CT molecular complexity index is 238. The SMILES string of the molecule is CCCCCCCc1ccc(F)cc1. The molecule has 0 saturated carbocycles. The van der Waals surface area contributed by atoms with Crippen molar-refractivity contribution in [3.05, 3.63) is 35.6 Å². The van der Waals surface area contributed by atoms with E-state index < -0.39 is 0 Å². The third-order valence-corrected chi connectivity index (χ3v) is 2.48. The van der Waals surface area contributed by atoms with Crippen molar-refractivity contribution in [3.63, 3.8) is 0 Å². The zero-order chi connectivity index (χ0) is 10.2. The van der Waals surface area contributed by atoms with Crippen LogP contribution in [0.1, 0.15) is 44.6 Å². The Balaban J connectivity index is 2.15. The van der Waals surface area contributed by atoms with Crippen molar-refractivity contribution in [1.29, 1.82) is 0 Å². The minimum Gasteiger partial charge on any atom is -0.207 e. The van der Waals surface area contributed by atoms with Gasteiger partial charge in [-0.1, -0.05) is 44.7 Å². The van der Waals surface area contributed by atoms with Gasteiger partial charge in [0.15, 0.2) is 0 Å². The fourth-order valence-corrected chi connectivity index (χ4v) is 1.58. The molecule has 0 radical (unpaired) electrons. The Morgan fingerprint density at radius 1 is 0.929 bits per heavy atom. The molecule has 0 saturated heterocycles. The summed E-state index contributed by atoms with van der Waals surface area (Å²) in [6.45, 7) is 2.22. The maximum absolute atomic E-state index is 12.6. The van der Waals surface area contributed by atoms with Crippen LogP contribution >= 0.6 is 0 Å². The van der Waals surface area contributed by atoms with E-state index in [1.165, 1.54) is 37.7 Å². The van der Waals surface area contributed by atoms with Crippen molar-refractivity contribution in [2.45, 2.75) is 45.4 Å². The molecule has 0 amide bonds. The highest BCUT2D eigenvalue weighted by Crippen LogP contribution is 2.09. The van der Waals surface area contributed by atoms with E-state index in [0.717, 1.165) is 6.42 Å². The van der Waals surface area contributed by atoms with Gasteiger partial charge in [0, 0.05) is 0 Å². The lowest BCUT2D eigenvalue weighted by Gasteiger charge is -2.01. The van der Waals surface area contributed by atoms with Crippen LogP contribution in [0.25, 0.3) is 0 Å².